The van der Waals surface area contributed by atoms with Gasteiger partial charge in [0.05, 0.1) is 21.3 Å². The molecule has 0 aromatic heterocycles. The molecular weight excluding hydrogens is 356 g/mol. The van der Waals surface area contributed by atoms with E-state index in [1.165, 1.54) is 12.1 Å². The fourth-order valence-corrected chi connectivity index (χ4v) is 2.81. The number of carbonyl (C=O) groups is 1. The van der Waals surface area contributed by atoms with Gasteiger partial charge in [-0.1, -0.05) is 17.7 Å². The molecule has 26 heavy (non-hydrogen) atoms. The minimum Gasteiger partial charge on any atom is -0.385 e. The van der Waals surface area contributed by atoms with E-state index in [1.54, 1.807) is 24.3 Å². The van der Waals surface area contributed by atoms with Crippen molar-refractivity contribution in [3.63, 3.8) is 0 Å². The van der Waals surface area contributed by atoms with E-state index in [-0.39, 0.29) is 11.6 Å². The number of nitrogens with one attached hydrogen (secondary N) is 2. The minimum atomic E-state index is -0.439. The maximum atomic E-state index is 12.2. The summed E-state index contributed by atoms with van der Waals surface area (Å²) in [4.78, 5) is 24.2. The number of rotatable bonds is 8. The van der Waals surface area contributed by atoms with Crippen molar-refractivity contribution in [1.29, 1.82) is 0 Å². The monoisotopic (exact) mass is 376 g/mol. The smallest absolute Gasteiger partial charge is 0.269 e. The van der Waals surface area contributed by atoms with Crippen molar-refractivity contribution >= 4 is 40.3 Å². The van der Waals surface area contributed by atoms with Crippen LogP contribution in [0.3, 0.4) is 0 Å². The molecule has 1 amide bonds. The van der Waals surface area contributed by atoms with Crippen LogP contribution in [0.15, 0.2) is 42.5 Å². The molecule has 0 bridgehead atoms. The molecule has 0 spiro atoms. The molecule has 138 valence electrons. The molecule has 0 atom stereocenters. The van der Waals surface area contributed by atoms with Gasteiger partial charge in [-0.15, -0.1) is 0 Å². The predicted molar refractivity (Wildman–Crippen MR) is 105 cm³/mol. The summed E-state index contributed by atoms with van der Waals surface area (Å²) in [6.07, 6.45) is 0.972. The molecule has 0 fully saturated rings. The Morgan fingerprint density at radius 2 is 1.88 bits per heavy atom. The summed E-state index contributed by atoms with van der Waals surface area (Å²) in [6, 6.07) is 11.6. The Kier molecular flexibility index (Phi) is 6.80. The Morgan fingerprint density at radius 3 is 2.50 bits per heavy atom. The number of hydrogen-bond acceptors (Lipinski definition) is 5. The second-order valence-corrected chi connectivity index (χ2v) is 6.32. The van der Waals surface area contributed by atoms with Crippen LogP contribution in [-0.2, 0) is 4.79 Å². The van der Waals surface area contributed by atoms with Gasteiger partial charge in [-0.25, -0.2) is 0 Å². The summed E-state index contributed by atoms with van der Waals surface area (Å²) in [6.45, 7) is 0.585. The summed E-state index contributed by atoms with van der Waals surface area (Å²) >= 11 is 6.19. The Morgan fingerprint density at radius 1 is 1.19 bits per heavy atom. The fourth-order valence-electron chi connectivity index (χ4n) is 2.47. The number of nitro groups is 1. The number of carbonyl (C=O) groups excluding carboxylic acids is 1. The third-order valence-corrected chi connectivity index (χ3v) is 4.00. The van der Waals surface area contributed by atoms with Gasteiger partial charge in [0, 0.05) is 44.9 Å². The number of benzene rings is 2. The Bertz CT molecular complexity index is 779. The lowest BCUT2D eigenvalue weighted by molar-refractivity contribution is -0.384. The van der Waals surface area contributed by atoms with Gasteiger partial charge in [0.2, 0.25) is 5.91 Å². The standard InChI is InChI=1S/C18H21ClN4O3/c1-22(2)18-15(19)5-3-6-16(18)21-17(24)7-4-12-20-13-8-10-14(11-9-13)23(25)26/h3,5-6,8-11,20H,4,7,12H2,1-2H3,(H,21,24). The van der Waals surface area contributed by atoms with E-state index in [4.69, 9.17) is 11.6 Å². The Hall–Kier alpha value is -2.80. The van der Waals surface area contributed by atoms with Crippen molar-refractivity contribution in [3.8, 4) is 0 Å². The van der Waals surface area contributed by atoms with E-state index in [0.717, 1.165) is 11.4 Å². The van der Waals surface area contributed by atoms with E-state index in [9.17, 15) is 14.9 Å². The van der Waals surface area contributed by atoms with E-state index < -0.39 is 4.92 Å². The van der Waals surface area contributed by atoms with Crippen LogP contribution in [0.25, 0.3) is 0 Å². The first kappa shape index (κ1) is 19.5. The average Bonchev–Trinajstić information content (AvgIpc) is 2.59. The Balaban J connectivity index is 1.81. The van der Waals surface area contributed by atoms with Gasteiger partial charge in [0.1, 0.15) is 0 Å². The normalized spacial score (nSPS) is 10.3. The highest BCUT2D eigenvalue weighted by Crippen LogP contribution is 2.32. The van der Waals surface area contributed by atoms with Crippen LogP contribution in [0.4, 0.5) is 22.7 Å². The number of amides is 1. The zero-order valence-electron chi connectivity index (χ0n) is 14.7. The van der Waals surface area contributed by atoms with Crippen molar-refractivity contribution in [3.05, 3.63) is 57.6 Å². The van der Waals surface area contributed by atoms with Crippen LogP contribution in [-0.4, -0.2) is 31.5 Å². The third-order valence-electron chi connectivity index (χ3n) is 3.70. The SMILES string of the molecule is CN(C)c1c(Cl)cccc1NC(=O)CCCNc1ccc([N+](=O)[O-])cc1. The molecule has 0 aliphatic rings. The summed E-state index contributed by atoms with van der Waals surface area (Å²) in [5, 5.41) is 17.2. The molecule has 2 aromatic carbocycles. The quantitative estimate of drug-likeness (QED) is 0.410. The number of anilines is 3. The molecule has 2 aromatic rings. The molecular formula is C18H21ClN4O3. The highest BCUT2D eigenvalue weighted by molar-refractivity contribution is 6.34. The lowest BCUT2D eigenvalue weighted by atomic mass is 10.2. The van der Waals surface area contributed by atoms with Gasteiger partial charge in [0.15, 0.2) is 0 Å². The maximum Gasteiger partial charge on any atom is 0.269 e. The van der Waals surface area contributed by atoms with Crippen LogP contribution in [0, 0.1) is 10.1 Å². The summed E-state index contributed by atoms with van der Waals surface area (Å²) in [5.41, 5.74) is 2.27. The van der Waals surface area contributed by atoms with Crippen molar-refractivity contribution in [2.75, 3.05) is 36.2 Å². The molecule has 0 aliphatic heterocycles. The first-order chi connectivity index (χ1) is 12.4. The van der Waals surface area contributed by atoms with E-state index >= 15 is 0 Å². The summed E-state index contributed by atoms with van der Waals surface area (Å²) in [7, 11) is 3.73. The van der Waals surface area contributed by atoms with E-state index in [0.29, 0.717) is 30.1 Å². The van der Waals surface area contributed by atoms with Gasteiger partial charge < -0.3 is 15.5 Å². The first-order valence-corrected chi connectivity index (χ1v) is 8.50. The van der Waals surface area contributed by atoms with Crippen LogP contribution in [0.2, 0.25) is 5.02 Å². The van der Waals surface area contributed by atoms with Gasteiger partial charge >= 0.3 is 0 Å². The molecule has 2 rings (SSSR count). The lowest BCUT2D eigenvalue weighted by Gasteiger charge is -2.19. The van der Waals surface area contributed by atoms with Crippen molar-refractivity contribution < 1.29 is 9.72 Å². The second kappa shape index (κ2) is 9.05. The van der Waals surface area contributed by atoms with E-state index in [2.05, 4.69) is 10.6 Å². The molecule has 7 nitrogen and oxygen atoms in total. The van der Waals surface area contributed by atoms with Crippen LogP contribution in [0.5, 0.6) is 0 Å². The van der Waals surface area contributed by atoms with Crippen molar-refractivity contribution in [2.45, 2.75) is 12.8 Å². The summed E-state index contributed by atoms with van der Waals surface area (Å²) in [5.74, 6) is -0.0964. The van der Waals surface area contributed by atoms with Crippen LogP contribution < -0.4 is 15.5 Å². The molecule has 0 aliphatic carbocycles. The van der Waals surface area contributed by atoms with Gasteiger partial charge in [0.25, 0.3) is 5.69 Å². The molecule has 0 unspecified atom stereocenters. The van der Waals surface area contributed by atoms with Gasteiger partial charge in [-0.3, -0.25) is 14.9 Å². The average molecular weight is 377 g/mol. The number of nitro benzene ring substituents is 1. The number of non-ortho nitro benzene ring substituents is 1. The number of halogens is 1. The largest absolute Gasteiger partial charge is 0.385 e. The molecule has 2 N–H and O–H groups in total. The van der Waals surface area contributed by atoms with Crippen LogP contribution >= 0.6 is 11.6 Å². The maximum absolute atomic E-state index is 12.2. The van der Waals surface area contributed by atoms with Gasteiger partial charge in [-0.2, -0.15) is 0 Å². The molecule has 0 radical (unpaired) electrons. The fraction of sp³-hybridized carbons (Fsp3) is 0.278. The molecule has 8 heteroatoms. The third kappa shape index (κ3) is 5.35. The number of nitrogens with zero attached hydrogens (tertiary/aromatic N) is 2. The number of para-hydroxylation sites is 1. The van der Waals surface area contributed by atoms with Crippen molar-refractivity contribution in [2.24, 2.45) is 0 Å². The summed E-state index contributed by atoms with van der Waals surface area (Å²) < 4.78 is 0. The Labute approximate surface area is 157 Å². The highest BCUT2D eigenvalue weighted by Gasteiger charge is 2.11. The molecule has 0 saturated carbocycles. The first-order valence-electron chi connectivity index (χ1n) is 8.12. The van der Waals surface area contributed by atoms with Crippen molar-refractivity contribution in [1.82, 2.24) is 0 Å². The topological polar surface area (TPSA) is 87.5 Å². The molecule has 0 heterocycles. The zero-order chi connectivity index (χ0) is 19.1. The van der Waals surface area contributed by atoms with Crippen LogP contribution in [0.1, 0.15) is 12.8 Å². The minimum absolute atomic E-state index is 0.0492. The molecule has 0 saturated heterocycles. The predicted octanol–water partition coefficient (Wildman–Crippen LogP) is 4.15. The van der Waals surface area contributed by atoms with E-state index in [1.807, 2.05) is 25.1 Å². The second-order valence-electron chi connectivity index (χ2n) is 5.91. The lowest BCUT2D eigenvalue weighted by Crippen LogP contribution is -2.17. The zero-order valence-corrected chi connectivity index (χ0v) is 15.4. The van der Waals surface area contributed by atoms with Gasteiger partial charge in [-0.05, 0) is 30.7 Å². The highest BCUT2D eigenvalue weighted by atomic mass is 35.5. The number of hydrogen-bond donors (Lipinski definition) is 2.